The molecule has 2 aliphatic rings. The first-order valence-electron chi connectivity index (χ1n) is 3.00. The number of alkyl halides is 1. The van der Waals surface area contributed by atoms with Gasteiger partial charge in [0.2, 0.25) is 0 Å². The molecule has 40 valence electrons. The summed E-state index contributed by atoms with van der Waals surface area (Å²) in [5.74, 6) is 1.15. The van der Waals surface area contributed by atoms with Crippen molar-refractivity contribution in [3.05, 3.63) is 0 Å². The molecule has 0 bridgehead atoms. The molecule has 2 unspecified atom stereocenters. The first-order valence-corrected chi connectivity index (χ1v) is 4.08. The Kier molecular flexibility index (Phi) is 0.769. The molecule has 0 saturated heterocycles. The van der Waals surface area contributed by atoms with Gasteiger partial charge in [-0.1, -0.05) is 29.0 Å². The molecule has 0 aromatic rings. The summed E-state index contributed by atoms with van der Waals surface area (Å²) in [5.41, 5.74) is 0. The van der Waals surface area contributed by atoms with Crippen LogP contribution in [0.3, 0.4) is 0 Å². The van der Waals surface area contributed by atoms with E-state index in [2.05, 4.69) is 22.6 Å². The molecule has 0 spiro atoms. The van der Waals surface area contributed by atoms with Gasteiger partial charge in [0.05, 0.1) is 0 Å². The van der Waals surface area contributed by atoms with Gasteiger partial charge >= 0.3 is 0 Å². The number of halogens is 1. The molecular formula is C6H9I. The van der Waals surface area contributed by atoms with Crippen LogP contribution >= 0.6 is 22.6 Å². The Balaban J connectivity index is 2.17. The van der Waals surface area contributed by atoms with Crippen LogP contribution in [0, 0.1) is 5.92 Å². The van der Waals surface area contributed by atoms with Gasteiger partial charge in [-0.2, -0.15) is 0 Å². The zero-order valence-electron chi connectivity index (χ0n) is 4.28. The van der Waals surface area contributed by atoms with Gasteiger partial charge in [0.15, 0.2) is 0 Å². The first-order chi connectivity index (χ1) is 3.31. The summed E-state index contributed by atoms with van der Waals surface area (Å²) in [6.45, 7) is 0. The Morgan fingerprint density at radius 2 is 2.43 bits per heavy atom. The van der Waals surface area contributed by atoms with E-state index in [9.17, 15) is 0 Å². The van der Waals surface area contributed by atoms with Gasteiger partial charge < -0.3 is 0 Å². The molecule has 0 nitrogen and oxygen atoms in total. The average molecular weight is 208 g/mol. The van der Waals surface area contributed by atoms with Crippen molar-refractivity contribution >= 4 is 22.6 Å². The van der Waals surface area contributed by atoms with Gasteiger partial charge in [-0.3, -0.25) is 0 Å². The predicted octanol–water partition coefficient (Wildman–Crippen LogP) is 2.36. The maximum atomic E-state index is 2.64. The summed E-state index contributed by atoms with van der Waals surface area (Å²) in [4.78, 5) is 0. The number of hydrogen-bond acceptors (Lipinski definition) is 0. The van der Waals surface area contributed by atoms with Crippen molar-refractivity contribution in [3.8, 4) is 0 Å². The lowest BCUT2D eigenvalue weighted by Crippen LogP contribution is -1.89. The molecule has 2 aliphatic carbocycles. The summed E-state index contributed by atoms with van der Waals surface area (Å²) in [6, 6.07) is 0. The molecule has 0 aromatic heterocycles. The van der Waals surface area contributed by atoms with E-state index in [-0.39, 0.29) is 0 Å². The van der Waals surface area contributed by atoms with Crippen LogP contribution in [0.25, 0.3) is 0 Å². The van der Waals surface area contributed by atoms with Crippen LogP contribution in [0.5, 0.6) is 0 Å². The Hall–Kier alpha value is 0.730. The quantitative estimate of drug-likeness (QED) is 0.423. The minimum Gasteiger partial charge on any atom is -0.0786 e. The highest BCUT2D eigenvalue weighted by Gasteiger charge is 2.54. The number of rotatable bonds is 0. The lowest BCUT2D eigenvalue weighted by Gasteiger charge is -1.94. The Bertz CT molecular complexity index is 98.4. The summed E-state index contributed by atoms with van der Waals surface area (Å²) >= 11 is 2.64. The molecule has 1 heteroatoms. The van der Waals surface area contributed by atoms with Gasteiger partial charge in [-0.05, 0) is 25.2 Å². The molecule has 0 amide bonds. The first kappa shape index (κ1) is 4.59. The van der Waals surface area contributed by atoms with E-state index in [1.165, 1.54) is 25.7 Å². The van der Waals surface area contributed by atoms with Gasteiger partial charge in [0.25, 0.3) is 0 Å². The third kappa shape index (κ3) is 0.538. The standard InChI is InChI=1S/C6H9I/c7-6-3-1-2-5(6)4-6/h5H,1-4H2. The molecule has 2 saturated carbocycles. The zero-order chi connectivity index (χ0) is 4.91. The van der Waals surface area contributed by atoms with Crippen molar-refractivity contribution in [1.29, 1.82) is 0 Å². The third-order valence-corrected chi connectivity index (χ3v) is 4.16. The molecule has 0 N–H and O–H groups in total. The van der Waals surface area contributed by atoms with Crippen molar-refractivity contribution in [1.82, 2.24) is 0 Å². The molecule has 0 heterocycles. The van der Waals surface area contributed by atoms with Crippen molar-refractivity contribution < 1.29 is 0 Å². The van der Waals surface area contributed by atoms with Crippen molar-refractivity contribution in [2.45, 2.75) is 29.1 Å². The highest BCUT2D eigenvalue weighted by molar-refractivity contribution is 14.1. The second kappa shape index (κ2) is 1.17. The highest BCUT2D eigenvalue weighted by atomic mass is 127. The van der Waals surface area contributed by atoms with E-state index in [1.807, 2.05) is 0 Å². The summed E-state index contributed by atoms with van der Waals surface area (Å²) < 4.78 is 0.831. The normalized spacial score (nSPS) is 57.0. The molecule has 2 atom stereocenters. The van der Waals surface area contributed by atoms with Gasteiger partial charge in [-0.15, -0.1) is 0 Å². The fourth-order valence-electron chi connectivity index (χ4n) is 1.66. The topological polar surface area (TPSA) is 0 Å². The Labute approximate surface area is 57.8 Å². The van der Waals surface area contributed by atoms with Crippen LogP contribution in [0.15, 0.2) is 0 Å². The zero-order valence-corrected chi connectivity index (χ0v) is 6.44. The lowest BCUT2D eigenvalue weighted by atomic mass is 10.3. The van der Waals surface area contributed by atoms with E-state index < -0.39 is 0 Å². The predicted molar refractivity (Wildman–Crippen MR) is 38.7 cm³/mol. The Morgan fingerprint density at radius 1 is 1.57 bits per heavy atom. The largest absolute Gasteiger partial charge is 0.0786 e. The SMILES string of the molecule is IC12CCCC1C2. The lowest BCUT2D eigenvalue weighted by molar-refractivity contribution is 0.745. The van der Waals surface area contributed by atoms with Crippen LogP contribution in [0.4, 0.5) is 0 Å². The fourth-order valence-corrected chi connectivity index (χ4v) is 2.88. The molecule has 0 aliphatic heterocycles. The fraction of sp³-hybridized carbons (Fsp3) is 1.00. The second-order valence-corrected chi connectivity index (χ2v) is 4.98. The maximum absolute atomic E-state index is 2.64. The molecule has 0 aromatic carbocycles. The second-order valence-electron chi connectivity index (χ2n) is 2.83. The minimum absolute atomic E-state index is 0.831. The van der Waals surface area contributed by atoms with Gasteiger partial charge in [-0.25, -0.2) is 0 Å². The molecule has 7 heavy (non-hydrogen) atoms. The van der Waals surface area contributed by atoms with Crippen LogP contribution in [0.1, 0.15) is 25.7 Å². The van der Waals surface area contributed by atoms with Gasteiger partial charge in [0, 0.05) is 3.42 Å². The third-order valence-electron chi connectivity index (χ3n) is 2.30. The van der Waals surface area contributed by atoms with Crippen molar-refractivity contribution in [2.24, 2.45) is 5.92 Å². The number of hydrogen-bond donors (Lipinski definition) is 0. The van der Waals surface area contributed by atoms with Crippen LogP contribution in [-0.4, -0.2) is 3.42 Å². The monoisotopic (exact) mass is 208 g/mol. The maximum Gasteiger partial charge on any atom is 0.0254 e. The minimum atomic E-state index is 0.831. The van der Waals surface area contributed by atoms with E-state index in [4.69, 9.17) is 0 Å². The smallest absolute Gasteiger partial charge is 0.0254 e. The van der Waals surface area contributed by atoms with Crippen LogP contribution in [-0.2, 0) is 0 Å². The summed E-state index contributed by atoms with van der Waals surface area (Å²) in [6.07, 6.45) is 6.09. The summed E-state index contributed by atoms with van der Waals surface area (Å²) in [7, 11) is 0. The van der Waals surface area contributed by atoms with E-state index in [0.717, 1.165) is 9.34 Å². The Morgan fingerprint density at radius 3 is 2.57 bits per heavy atom. The summed E-state index contributed by atoms with van der Waals surface area (Å²) in [5, 5.41) is 0. The van der Waals surface area contributed by atoms with E-state index >= 15 is 0 Å². The van der Waals surface area contributed by atoms with Crippen LogP contribution < -0.4 is 0 Å². The molecule has 2 rings (SSSR count). The molecule has 2 fully saturated rings. The van der Waals surface area contributed by atoms with E-state index in [1.54, 1.807) is 0 Å². The van der Waals surface area contributed by atoms with Crippen molar-refractivity contribution in [2.75, 3.05) is 0 Å². The average Bonchev–Trinajstić information content (AvgIpc) is 2.09. The van der Waals surface area contributed by atoms with Gasteiger partial charge in [0.1, 0.15) is 0 Å². The molecule has 0 radical (unpaired) electrons. The number of fused-ring (bicyclic) bond motifs is 1. The molecular weight excluding hydrogens is 199 g/mol. The van der Waals surface area contributed by atoms with Crippen molar-refractivity contribution in [3.63, 3.8) is 0 Å². The van der Waals surface area contributed by atoms with E-state index in [0.29, 0.717) is 0 Å². The highest BCUT2D eigenvalue weighted by Crippen LogP contribution is 2.62. The van der Waals surface area contributed by atoms with Crippen LogP contribution in [0.2, 0.25) is 0 Å².